The van der Waals surface area contributed by atoms with Crippen LogP contribution < -0.4 is 0 Å². The van der Waals surface area contributed by atoms with E-state index in [4.69, 9.17) is 0 Å². The van der Waals surface area contributed by atoms with E-state index in [1.54, 1.807) is 12.5 Å². The van der Waals surface area contributed by atoms with E-state index in [-0.39, 0.29) is 0 Å². The van der Waals surface area contributed by atoms with Crippen molar-refractivity contribution in [3.63, 3.8) is 0 Å². The Hall–Kier alpha value is -0.780. The van der Waals surface area contributed by atoms with Crippen molar-refractivity contribution >= 4 is 0 Å². The molecule has 2 saturated carbocycles. The van der Waals surface area contributed by atoms with Crippen LogP contribution in [0.15, 0.2) is 37.0 Å². The number of hydrogen-bond acceptors (Lipinski definition) is 0. The molecule has 0 N–H and O–H groups in total. The van der Waals surface area contributed by atoms with E-state index in [0.717, 1.165) is 23.7 Å². The third-order valence-corrected chi connectivity index (χ3v) is 5.26. The Bertz CT molecular complexity index is 366. The van der Waals surface area contributed by atoms with Crippen molar-refractivity contribution in [2.45, 2.75) is 101 Å². The maximum Gasteiger partial charge on any atom is -0.0203 e. The SMILES string of the molecule is C/C=C/C(C)(C)C.C=C/C=C/C.CC.CC1CC[C@H]2[C@H](CCC[C@@H]2C)C1. The minimum absolute atomic E-state index is 0.370. The van der Waals surface area contributed by atoms with E-state index < -0.39 is 0 Å². The van der Waals surface area contributed by atoms with E-state index >= 15 is 0 Å². The number of allylic oxidation sites excluding steroid dienone is 5. The van der Waals surface area contributed by atoms with E-state index in [0.29, 0.717) is 5.41 Å². The van der Waals surface area contributed by atoms with E-state index in [9.17, 15) is 0 Å². The molecule has 0 aromatic rings. The van der Waals surface area contributed by atoms with Crippen molar-refractivity contribution in [2.24, 2.45) is 29.1 Å². The van der Waals surface area contributed by atoms with Gasteiger partial charge in [0.2, 0.25) is 0 Å². The third-order valence-electron chi connectivity index (χ3n) is 5.26. The first-order chi connectivity index (χ1) is 12.2. The van der Waals surface area contributed by atoms with Crippen molar-refractivity contribution in [3.05, 3.63) is 37.0 Å². The lowest BCUT2D eigenvalue weighted by Gasteiger charge is -2.42. The van der Waals surface area contributed by atoms with Gasteiger partial charge in [0.15, 0.2) is 0 Å². The maximum atomic E-state index is 3.46. The molecule has 0 aromatic heterocycles. The highest BCUT2D eigenvalue weighted by Crippen LogP contribution is 2.45. The monoisotopic (exact) mass is 362 g/mol. The molecule has 0 spiro atoms. The highest BCUT2D eigenvalue weighted by Gasteiger charge is 2.34. The maximum absolute atomic E-state index is 3.46. The molecule has 0 nitrogen and oxygen atoms in total. The molecular formula is C26H50. The van der Waals surface area contributed by atoms with Gasteiger partial charge in [0.05, 0.1) is 0 Å². The molecule has 2 aliphatic rings. The van der Waals surface area contributed by atoms with Gasteiger partial charge in [-0.2, -0.15) is 0 Å². The summed E-state index contributed by atoms with van der Waals surface area (Å²) in [5.74, 6) is 4.28. The molecule has 0 amide bonds. The van der Waals surface area contributed by atoms with Crippen LogP contribution in [0.4, 0.5) is 0 Å². The Morgan fingerprint density at radius 1 is 0.885 bits per heavy atom. The van der Waals surface area contributed by atoms with Gasteiger partial charge in [-0.05, 0) is 55.8 Å². The summed E-state index contributed by atoms with van der Waals surface area (Å²) < 4.78 is 0. The predicted octanol–water partition coefficient (Wildman–Crippen LogP) is 9.24. The van der Waals surface area contributed by atoms with Crippen molar-refractivity contribution in [3.8, 4) is 0 Å². The molecule has 0 saturated heterocycles. The van der Waals surface area contributed by atoms with E-state index in [2.05, 4.69) is 53.3 Å². The lowest BCUT2D eigenvalue weighted by molar-refractivity contribution is 0.0892. The summed E-state index contributed by atoms with van der Waals surface area (Å²) in [7, 11) is 0. The van der Waals surface area contributed by atoms with Gasteiger partial charge in [0, 0.05) is 0 Å². The van der Waals surface area contributed by atoms with Gasteiger partial charge in [-0.1, -0.05) is 111 Å². The van der Waals surface area contributed by atoms with Crippen LogP contribution in [-0.4, -0.2) is 0 Å². The summed E-state index contributed by atoms with van der Waals surface area (Å²) in [6.45, 7) is 23.0. The van der Waals surface area contributed by atoms with Gasteiger partial charge in [0.1, 0.15) is 0 Å². The second kappa shape index (κ2) is 16.4. The molecule has 0 aliphatic heterocycles. The van der Waals surface area contributed by atoms with Crippen molar-refractivity contribution in [1.29, 1.82) is 0 Å². The van der Waals surface area contributed by atoms with E-state index in [1.807, 2.05) is 39.8 Å². The Kier molecular flexibility index (Phi) is 17.3. The molecule has 26 heavy (non-hydrogen) atoms. The minimum Gasteiger partial charge on any atom is -0.0991 e. The predicted molar refractivity (Wildman–Crippen MR) is 124 cm³/mol. The second-order valence-corrected chi connectivity index (χ2v) is 8.88. The lowest BCUT2D eigenvalue weighted by Crippen LogP contribution is -2.31. The summed E-state index contributed by atoms with van der Waals surface area (Å²) in [5, 5.41) is 0. The largest absolute Gasteiger partial charge is 0.0991 e. The van der Waals surface area contributed by atoms with Crippen LogP contribution in [0.5, 0.6) is 0 Å². The van der Waals surface area contributed by atoms with E-state index in [1.165, 1.54) is 32.1 Å². The van der Waals surface area contributed by atoms with Gasteiger partial charge < -0.3 is 0 Å². The van der Waals surface area contributed by atoms with Gasteiger partial charge >= 0.3 is 0 Å². The van der Waals surface area contributed by atoms with Crippen LogP contribution in [0, 0.1) is 29.1 Å². The second-order valence-electron chi connectivity index (χ2n) is 8.88. The van der Waals surface area contributed by atoms with Gasteiger partial charge in [-0.3, -0.25) is 0 Å². The first-order valence-electron chi connectivity index (χ1n) is 11.1. The zero-order chi connectivity index (χ0) is 20.6. The first kappa shape index (κ1) is 27.4. The molecule has 0 heterocycles. The molecule has 2 rings (SSSR count). The molecule has 0 heteroatoms. The van der Waals surface area contributed by atoms with Crippen LogP contribution in [0.1, 0.15) is 101 Å². The number of fused-ring (bicyclic) bond motifs is 1. The van der Waals surface area contributed by atoms with Gasteiger partial charge in [0.25, 0.3) is 0 Å². The molecule has 0 bridgehead atoms. The fourth-order valence-corrected chi connectivity index (χ4v) is 4.16. The van der Waals surface area contributed by atoms with Gasteiger partial charge in [-0.15, -0.1) is 0 Å². The lowest BCUT2D eigenvalue weighted by atomic mass is 9.64. The zero-order valence-electron chi connectivity index (χ0n) is 19.6. The highest BCUT2D eigenvalue weighted by molar-refractivity contribution is 4.94. The van der Waals surface area contributed by atoms with Crippen LogP contribution in [0.3, 0.4) is 0 Å². The first-order valence-corrected chi connectivity index (χ1v) is 11.1. The molecule has 1 unspecified atom stereocenters. The number of hydrogen-bond donors (Lipinski definition) is 0. The smallest absolute Gasteiger partial charge is 0.0203 e. The van der Waals surface area contributed by atoms with Crippen molar-refractivity contribution in [2.75, 3.05) is 0 Å². The molecule has 2 fully saturated rings. The summed E-state index contributed by atoms with van der Waals surface area (Å²) >= 11 is 0. The van der Waals surface area contributed by atoms with Crippen LogP contribution in [-0.2, 0) is 0 Å². The average Bonchev–Trinajstić information content (AvgIpc) is 2.57. The molecule has 2 aliphatic carbocycles. The molecular weight excluding hydrogens is 312 g/mol. The Morgan fingerprint density at radius 3 is 1.88 bits per heavy atom. The zero-order valence-corrected chi connectivity index (χ0v) is 19.6. The Morgan fingerprint density at radius 2 is 1.50 bits per heavy atom. The van der Waals surface area contributed by atoms with Crippen LogP contribution in [0.25, 0.3) is 0 Å². The van der Waals surface area contributed by atoms with Crippen molar-refractivity contribution in [1.82, 2.24) is 0 Å². The third kappa shape index (κ3) is 14.4. The fraction of sp³-hybridized carbons (Fsp3) is 0.769. The Balaban J connectivity index is 0. The quantitative estimate of drug-likeness (QED) is 0.322. The Labute approximate surface area is 167 Å². The average molecular weight is 363 g/mol. The van der Waals surface area contributed by atoms with Crippen molar-refractivity contribution < 1.29 is 0 Å². The van der Waals surface area contributed by atoms with Crippen LogP contribution in [0.2, 0.25) is 0 Å². The molecule has 0 radical (unpaired) electrons. The topological polar surface area (TPSA) is 0 Å². The minimum atomic E-state index is 0.370. The van der Waals surface area contributed by atoms with Gasteiger partial charge in [-0.25, -0.2) is 0 Å². The number of rotatable bonds is 1. The molecule has 4 atom stereocenters. The fourth-order valence-electron chi connectivity index (χ4n) is 4.16. The molecule has 154 valence electrons. The van der Waals surface area contributed by atoms with Crippen LogP contribution >= 0.6 is 0 Å². The summed E-state index contributed by atoms with van der Waals surface area (Å²) in [4.78, 5) is 0. The highest BCUT2D eigenvalue weighted by atomic mass is 14.4. The normalized spacial score (nSPS) is 27.9. The summed E-state index contributed by atoms with van der Waals surface area (Å²) in [5.41, 5.74) is 0.370. The standard InChI is InChI=1S/C12H22.C7H14.C5H8.C2H6/c1-9-6-7-12-10(2)4-3-5-11(12)8-9;1-5-6-7(2,3)4;1-3-5-4-2;1-2/h9-12H,3-8H2,1-2H3;5-6H,1-4H3;3-5H,1H2,2H3;1-2H3/b;6-5+;5-4+;/t9?,10-,11+,12+;;;/m0.../s1. The molecule has 0 aromatic carbocycles. The summed E-state index contributed by atoms with van der Waals surface area (Å²) in [6.07, 6.45) is 19.0. The summed E-state index contributed by atoms with van der Waals surface area (Å²) in [6, 6.07) is 0.